The van der Waals surface area contributed by atoms with Crippen LogP contribution in [-0.2, 0) is 9.53 Å². The number of hydrogen-bond acceptors (Lipinski definition) is 6. The Morgan fingerprint density at radius 2 is 1.96 bits per heavy atom. The predicted molar refractivity (Wildman–Crippen MR) is 99.3 cm³/mol. The molecule has 1 heterocycles. The van der Waals surface area contributed by atoms with E-state index in [0.717, 1.165) is 4.90 Å². The fraction of sp³-hybridized carbons (Fsp3) is 0.222. The minimum atomic E-state index is -0.998. The van der Waals surface area contributed by atoms with Gasteiger partial charge in [0.05, 0.1) is 10.6 Å². The average molecular weight is 394 g/mol. The Bertz CT molecular complexity index is 857. The lowest BCUT2D eigenvalue weighted by Gasteiger charge is -2.14. The van der Waals surface area contributed by atoms with Crippen molar-refractivity contribution in [2.45, 2.75) is 17.9 Å². The number of halogens is 1. The lowest BCUT2D eigenvalue weighted by Crippen LogP contribution is -2.30. The number of hydrogen-bond donors (Lipinski definition) is 1. The zero-order valence-electron chi connectivity index (χ0n) is 14.1. The zero-order valence-corrected chi connectivity index (χ0v) is 15.6. The van der Waals surface area contributed by atoms with Gasteiger partial charge in [-0.1, -0.05) is 11.6 Å². The fourth-order valence-corrected chi connectivity index (χ4v) is 2.92. The third-order valence-electron chi connectivity index (χ3n) is 3.69. The van der Waals surface area contributed by atoms with Crippen molar-refractivity contribution >= 4 is 40.9 Å². The third-order valence-corrected chi connectivity index (χ3v) is 4.74. The van der Waals surface area contributed by atoms with E-state index in [2.05, 4.69) is 5.32 Å². The molecule has 136 valence electrons. The predicted octanol–water partition coefficient (Wildman–Crippen LogP) is 3.97. The number of rotatable bonds is 5. The van der Waals surface area contributed by atoms with Crippen LogP contribution in [0.4, 0.5) is 5.69 Å². The largest absolute Gasteiger partial charge is 0.454 e. The molecule has 0 aliphatic carbocycles. The molecule has 26 heavy (non-hydrogen) atoms. The highest BCUT2D eigenvalue weighted by molar-refractivity contribution is 7.98. The first-order valence-corrected chi connectivity index (χ1v) is 9.33. The van der Waals surface area contributed by atoms with E-state index in [-0.39, 0.29) is 17.4 Å². The van der Waals surface area contributed by atoms with Crippen molar-refractivity contribution in [3.05, 3.63) is 47.0 Å². The summed E-state index contributed by atoms with van der Waals surface area (Å²) in [6.07, 6.45) is 0.890. The van der Waals surface area contributed by atoms with Crippen molar-refractivity contribution in [3.8, 4) is 11.5 Å². The van der Waals surface area contributed by atoms with Crippen molar-refractivity contribution < 1.29 is 23.8 Å². The number of nitrogens with one attached hydrogen (secondary N) is 1. The number of amides is 1. The summed E-state index contributed by atoms with van der Waals surface area (Å²) < 4.78 is 15.7. The highest BCUT2D eigenvalue weighted by Gasteiger charge is 2.22. The minimum Gasteiger partial charge on any atom is -0.454 e. The highest BCUT2D eigenvalue weighted by Crippen LogP contribution is 2.34. The molecule has 1 amide bonds. The smallest absolute Gasteiger partial charge is 0.340 e. The number of fused-ring (bicyclic) bond motifs is 1. The van der Waals surface area contributed by atoms with E-state index in [9.17, 15) is 9.59 Å². The Morgan fingerprint density at radius 1 is 1.19 bits per heavy atom. The van der Waals surface area contributed by atoms with E-state index in [1.54, 1.807) is 36.4 Å². The molecule has 2 aromatic rings. The fourth-order valence-electron chi connectivity index (χ4n) is 2.28. The first-order valence-electron chi connectivity index (χ1n) is 7.73. The van der Waals surface area contributed by atoms with Gasteiger partial charge in [-0.15, -0.1) is 11.8 Å². The molecule has 0 aromatic heterocycles. The molecule has 0 saturated carbocycles. The van der Waals surface area contributed by atoms with Crippen molar-refractivity contribution in [1.82, 2.24) is 0 Å². The average Bonchev–Trinajstić information content (AvgIpc) is 3.09. The van der Waals surface area contributed by atoms with Crippen LogP contribution >= 0.6 is 23.4 Å². The van der Waals surface area contributed by atoms with Gasteiger partial charge < -0.3 is 19.5 Å². The van der Waals surface area contributed by atoms with Crippen LogP contribution < -0.4 is 14.8 Å². The first kappa shape index (κ1) is 18.4. The lowest BCUT2D eigenvalue weighted by molar-refractivity contribution is -0.123. The molecule has 0 radical (unpaired) electrons. The zero-order chi connectivity index (χ0) is 18.7. The van der Waals surface area contributed by atoms with E-state index < -0.39 is 18.0 Å². The Kier molecular flexibility index (Phi) is 5.58. The van der Waals surface area contributed by atoms with Crippen molar-refractivity contribution in [2.24, 2.45) is 0 Å². The van der Waals surface area contributed by atoms with Crippen LogP contribution in [0.3, 0.4) is 0 Å². The summed E-state index contributed by atoms with van der Waals surface area (Å²) in [6.45, 7) is 1.64. The Labute approximate surface area is 159 Å². The van der Waals surface area contributed by atoms with E-state index >= 15 is 0 Å². The normalized spacial score (nSPS) is 13.2. The summed E-state index contributed by atoms with van der Waals surface area (Å²) in [7, 11) is 0. The Balaban J connectivity index is 1.64. The van der Waals surface area contributed by atoms with Gasteiger partial charge in [0.2, 0.25) is 6.79 Å². The van der Waals surface area contributed by atoms with E-state index in [4.69, 9.17) is 25.8 Å². The Hall–Kier alpha value is -2.38. The van der Waals surface area contributed by atoms with Crippen LogP contribution in [0.1, 0.15) is 17.3 Å². The molecule has 0 fully saturated rings. The Morgan fingerprint density at radius 3 is 2.73 bits per heavy atom. The van der Waals surface area contributed by atoms with Gasteiger partial charge in [-0.05, 0) is 43.5 Å². The molecular formula is C18H16ClNO5S. The van der Waals surface area contributed by atoms with Gasteiger partial charge >= 0.3 is 5.97 Å². The first-order chi connectivity index (χ1) is 12.5. The number of thioether (sulfide) groups is 1. The van der Waals surface area contributed by atoms with Gasteiger partial charge in [0.25, 0.3) is 5.91 Å². The monoisotopic (exact) mass is 393 g/mol. The van der Waals surface area contributed by atoms with Gasteiger partial charge in [-0.3, -0.25) is 4.79 Å². The molecule has 0 bridgehead atoms. The molecule has 2 aromatic carbocycles. The van der Waals surface area contributed by atoms with E-state index in [1.165, 1.54) is 18.7 Å². The SMILES string of the molecule is CSc1ccc(Cl)c(C(=O)O[C@@H](C)C(=O)Nc2ccc3c(c2)OCO3)c1. The third kappa shape index (κ3) is 4.05. The summed E-state index contributed by atoms with van der Waals surface area (Å²) in [6, 6.07) is 10.1. The number of benzene rings is 2. The highest BCUT2D eigenvalue weighted by atomic mass is 35.5. The number of ether oxygens (including phenoxy) is 3. The second kappa shape index (κ2) is 7.88. The molecule has 0 unspecified atom stereocenters. The lowest BCUT2D eigenvalue weighted by atomic mass is 10.2. The van der Waals surface area contributed by atoms with Crippen LogP contribution in [0.2, 0.25) is 5.02 Å². The molecule has 1 aliphatic heterocycles. The van der Waals surface area contributed by atoms with E-state index in [0.29, 0.717) is 17.2 Å². The molecule has 3 rings (SSSR count). The van der Waals surface area contributed by atoms with Gasteiger partial charge in [0.15, 0.2) is 17.6 Å². The molecule has 0 spiro atoms. The van der Waals surface area contributed by atoms with Crippen LogP contribution in [0.15, 0.2) is 41.3 Å². The number of anilines is 1. The van der Waals surface area contributed by atoms with E-state index in [1.807, 2.05) is 6.26 Å². The molecule has 8 heteroatoms. The van der Waals surface area contributed by atoms with Crippen LogP contribution in [0.5, 0.6) is 11.5 Å². The molecule has 1 aliphatic rings. The summed E-state index contributed by atoms with van der Waals surface area (Å²) in [5.41, 5.74) is 0.741. The number of carbonyl (C=O) groups excluding carboxylic acids is 2. The second-order valence-corrected chi connectivity index (χ2v) is 6.74. The molecule has 0 saturated heterocycles. The second-order valence-electron chi connectivity index (χ2n) is 5.45. The van der Waals surface area contributed by atoms with Crippen molar-refractivity contribution in [1.29, 1.82) is 0 Å². The van der Waals surface area contributed by atoms with Crippen LogP contribution in [-0.4, -0.2) is 31.0 Å². The summed E-state index contributed by atoms with van der Waals surface area (Å²) in [5, 5.41) is 2.95. The number of carbonyl (C=O) groups is 2. The van der Waals surface area contributed by atoms with Crippen LogP contribution in [0.25, 0.3) is 0 Å². The maximum absolute atomic E-state index is 12.3. The van der Waals surface area contributed by atoms with Crippen molar-refractivity contribution in [2.75, 3.05) is 18.4 Å². The molecule has 1 N–H and O–H groups in total. The standard InChI is InChI=1S/C18H16ClNO5S/c1-10(25-18(22)13-8-12(26-2)4-5-14(13)19)17(21)20-11-3-6-15-16(7-11)24-9-23-15/h3-8,10H,9H2,1-2H3,(H,20,21)/t10-/m0/s1. The summed E-state index contributed by atoms with van der Waals surface area (Å²) in [5.74, 6) is 0.0486. The molecule has 6 nitrogen and oxygen atoms in total. The minimum absolute atomic E-state index is 0.149. The summed E-state index contributed by atoms with van der Waals surface area (Å²) in [4.78, 5) is 25.5. The van der Waals surface area contributed by atoms with Gasteiger partial charge in [-0.2, -0.15) is 0 Å². The topological polar surface area (TPSA) is 73.9 Å². The maximum Gasteiger partial charge on any atom is 0.340 e. The quantitative estimate of drug-likeness (QED) is 0.612. The van der Waals surface area contributed by atoms with Gasteiger partial charge in [0.1, 0.15) is 0 Å². The van der Waals surface area contributed by atoms with Crippen LogP contribution in [0, 0.1) is 0 Å². The van der Waals surface area contributed by atoms with Gasteiger partial charge in [0, 0.05) is 16.6 Å². The maximum atomic E-state index is 12.3. The number of esters is 1. The molecular weight excluding hydrogens is 378 g/mol. The molecule has 1 atom stereocenters. The van der Waals surface area contributed by atoms with Crippen molar-refractivity contribution in [3.63, 3.8) is 0 Å². The summed E-state index contributed by atoms with van der Waals surface area (Å²) >= 11 is 7.54. The van der Waals surface area contributed by atoms with Gasteiger partial charge in [-0.25, -0.2) is 4.79 Å².